The van der Waals surface area contributed by atoms with Gasteiger partial charge in [0.1, 0.15) is 5.82 Å². The molecular weight excluding hydrogens is 281 g/mol. The van der Waals surface area contributed by atoms with E-state index in [9.17, 15) is 12.8 Å². The van der Waals surface area contributed by atoms with E-state index in [4.69, 9.17) is 5.11 Å². The van der Waals surface area contributed by atoms with Gasteiger partial charge in [-0.15, -0.1) is 0 Å². The first-order chi connectivity index (χ1) is 9.52. The molecular formula is C14H18FNO3S. The van der Waals surface area contributed by atoms with Gasteiger partial charge in [0.15, 0.2) is 0 Å². The minimum atomic E-state index is -3.59. The zero-order chi connectivity index (χ0) is 14.3. The Morgan fingerprint density at radius 1 is 1.25 bits per heavy atom. The van der Waals surface area contributed by atoms with Crippen LogP contribution in [0.2, 0.25) is 0 Å². The monoisotopic (exact) mass is 299 g/mol. The van der Waals surface area contributed by atoms with Crippen molar-refractivity contribution in [3.8, 4) is 0 Å². The van der Waals surface area contributed by atoms with E-state index in [0.717, 1.165) is 31.7 Å². The summed E-state index contributed by atoms with van der Waals surface area (Å²) in [4.78, 5) is 0.0792. The van der Waals surface area contributed by atoms with Crippen LogP contribution >= 0.6 is 0 Å². The van der Waals surface area contributed by atoms with E-state index < -0.39 is 22.4 Å². The highest BCUT2D eigenvalue weighted by atomic mass is 32.2. The summed E-state index contributed by atoms with van der Waals surface area (Å²) in [5.74, 6) is -0.102. The standard InChI is InChI=1S/C14H18FNO3S/c15-14-6-5-13(7-11(14)9-17)20(18,19)16(12-3-4-12)8-10-1-2-10/h5-7,10,12,17H,1-4,8-9H2. The third kappa shape index (κ3) is 2.73. The van der Waals surface area contributed by atoms with Gasteiger partial charge in [0, 0.05) is 18.2 Å². The summed E-state index contributed by atoms with van der Waals surface area (Å²) in [5, 5.41) is 9.08. The quantitative estimate of drug-likeness (QED) is 0.872. The topological polar surface area (TPSA) is 57.6 Å². The van der Waals surface area contributed by atoms with Crippen LogP contribution in [0.25, 0.3) is 0 Å². The van der Waals surface area contributed by atoms with Crippen LogP contribution in [0, 0.1) is 11.7 Å². The molecule has 0 unspecified atom stereocenters. The molecule has 0 atom stereocenters. The van der Waals surface area contributed by atoms with Crippen molar-refractivity contribution >= 4 is 10.0 Å². The van der Waals surface area contributed by atoms with Crippen LogP contribution in [0.3, 0.4) is 0 Å². The van der Waals surface area contributed by atoms with Crippen LogP contribution in [-0.4, -0.2) is 30.4 Å². The lowest BCUT2D eigenvalue weighted by Crippen LogP contribution is -2.35. The summed E-state index contributed by atoms with van der Waals surface area (Å²) in [6, 6.07) is 3.74. The third-order valence-electron chi connectivity index (χ3n) is 3.88. The van der Waals surface area contributed by atoms with Crippen molar-refractivity contribution in [2.24, 2.45) is 5.92 Å². The van der Waals surface area contributed by atoms with E-state index in [2.05, 4.69) is 0 Å². The fourth-order valence-corrected chi connectivity index (χ4v) is 4.14. The Morgan fingerprint density at radius 2 is 1.95 bits per heavy atom. The Morgan fingerprint density at radius 3 is 2.50 bits per heavy atom. The summed E-state index contributed by atoms with van der Waals surface area (Å²) < 4.78 is 40.3. The van der Waals surface area contributed by atoms with Crippen LogP contribution < -0.4 is 0 Å². The van der Waals surface area contributed by atoms with Gasteiger partial charge < -0.3 is 5.11 Å². The number of hydrogen-bond donors (Lipinski definition) is 1. The summed E-state index contributed by atoms with van der Waals surface area (Å²) in [6.07, 6.45) is 3.98. The van der Waals surface area contributed by atoms with E-state index in [1.165, 1.54) is 12.1 Å². The van der Waals surface area contributed by atoms with E-state index >= 15 is 0 Å². The number of aliphatic hydroxyl groups is 1. The summed E-state index contributed by atoms with van der Waals surface area (Å²) in [7, 11) is -3.59. The molecule has 0 bridgehead atoms. The number of nitrogens with zero attached hydrogens (tertiary/aromatic N) is 1. The zero-order valence-corrected chi connectivity index (χ0v) is 11.9. The number of aliphatic hydroxyl groups excluding tert-OH is 1. The second-order valence-corrected chi connectivity index (χ2v) is 7.55. The summed E-state index contributed by atoms with van der Waals surface area (Å²) in [5.41, 5.74) is 0.0215. The smallest absolute Gasteiger partial charge is 0.243 e. The Balaban J connectivity index is 1.92. The molecule has 1 aromatic rings. The second-order valence-electron chi connectivity index (χ2n) is 5.66. The number of benzene rings is 1. The minimum Gasteiger partial charge on any atom is -0.392 e. The van der Waals surface area contributed by atoms with Crippen LogP contribution in [0.15, 0.2) is 23.1 Å². The highest BCUT2D eigenvalue weighted by Crippen LogP contribution is 2.38. The predicted molar refractivity (Wildman–Crippen MR) is 72.0 cm³/mol. The van der Waals surface area contributed by atoms with Gasteiger partial charge in [0.05, 0.1) is 11.5 Å². The molecule has 20 heavy (non-hydrogen) atoms. The van der Waals surface area contributed by atoms with E-state index in [-0.39, 0.29) is 16.5 Å². The molecule has 3 rings (SSSR count). The number of hydrogen-bond acceptors (Lipinski definition) is 3. The summed E-state index contributed by atoms with van der Waals surface area (Å²) >= 11 is 0. The van der Waals surface area contributed by atoms with Crippen LogP contribution in [-0.2, 0) is 16.6 Å². The van der Waals surface area contributed by atoms with Crippen LogP contribution in [0.4, 0.5) is 4.39 Å². The molecule has 6 heteroatoms. The fourth-order valence-electron chi connectivity index (χ4n) is 2.33. The van der Waals surface area contributed by atoms with Gasteiger partial charge in [-0.1, -0.05) is 0 Å². The maximum absolute atomic E-state index is 13.4. The first-order valence-electron chi connectivity index (χ1n) is 6.93. The lowest BCUT2D eigenvalue weighted by Gasteiger charge is -2.22. The average Bonchev–Trinajstić information content (AvgIpc) is 3.28. The Kier molecular flexibility index (Phi) is 3.56. The molecule has 2 aliphatic rings. The largest absolute Gasteiger partial charge is 0.392 e. The number of halogens is 1. The molecule has 0 aromatic heterocycles. The maximum Gasteiger partial charge on any atom is 0.243 e. The molecule has 0 saturated heterocycles. The molecule has 2 aliphatic carbocycles. The van der Waals surface area contributed by atoms with E-state index in [1.54, 1.807) is 4.31 Å². The van der Waals surface area contributed by atoms with Gasteiger partial charge in [0.2, 0.25) is 10.0 Å². The molecule has 2 fully saturated rings. The Labute approximate surface area is 118 Å². The van der Waals surface area contributed by atoms with Crippen LogP contribution in [0.1, 0.15) is 31.2 Å². The van der Waals surface area contributed by atoms with Crippen molar-refractivity contribution in [2.75, 3.05) is 6.54 Å². The van der Waals surface area contributed by atoms with Gasteiger partial charge in [-0.05, 0) is 49.8 Å². The van der Waals surface area contributed by atoms with E-state index in [1.807, 2.05) is 0 Å². The molecule has 0 heterocycles. The number of sulfonamides is 1. The molecule has 1 aromatic carbocycles. The van der Waals surface area contributed by atoms with Crippen molar-refractivity contribution in [1.29, 1.82) is 0 Å². The lowest BCUT2D eigenvalue weighted by atomic mass is 10.2. The average molecular weight is 299 g/mol. The molecule has 1 N–H and O–H groups in total. The highest BCUT2D eigenvalue weighted by molar-refractivity contribution is 7.89. The molecule has 0 spiro atoms. The molecule has 110 valence electrons. The predicted octanol–water partition coefficient (Wildman–Crippen LogP) is 1.88. The van der Waals surface area contributed by atoms with Crippen molar-refractivity contribution < 1.29 is 17.9 Å². The van der Waals surface area contributed by atoms with Crippen molar-refractivity contribution in [3.05, 3.63) is 29.6 Å². The highest BCUT2D eigenvalue weighted by Gasteiger charge is 2.41. The Bertz CT molecular complexity index is 609. The molecule has 2 saturated carbocycles. The van der Waals surface area contributed by atoms with Gasteiger partial charge in [-0.2, -0.15) is 4.31 Å². The van der Waals surface area contributed by atoms with Gasteiger partial charge in [-0.25, -0.2) is 12.8 Å². The minimum absolute atomic E-state index is 0.0215. The maximum atomic E-state index is 13.4. The molecule has 0 radical (unpaired) electrons. The fraction of sp³-hybridized carbons (Fsp3) is 0.571. The Hall–Kier alpha value is -0.980. The summed E-state index contributed by atoms with van der Waals surface area (Å²) in [6.45, 7) is 0.0695. The third-order valence-corrected chi connectivity index (χ3v) is 5.80. The van der Waals surface area contributed by atoms with Crippen molar-refractivity contribution in [3.63, 3.8) is 0 Å². The molecule has 4 nitrogen and oxygen atoms in total. The van der Waals surface area contributed by atoms with Gasteiger partial charge in [-0.3, -0.25) is 0 Å². The first kappa shape index (κ1) is 14.0. The SMILES string of the molecule is O=S(=O)(c1ccc(F)c(CO)c1)N(CC1CC1)C1CC1. The van der Waals surface area contributed by atoms with Crippen molar-refractivity contribution in [1.82, 2.24) is 4.31 Å². The van der Waals surface area contributed by atoms with Gasteiger partial charge in [0.25, 0.3) is 0 Å². The molecule has 0 amide bonds. The van der Waals surface area contributed by atoms with E-state index in [0.29, 0.717) is 12.5 Å². The second kappa shape index (κ2) is 5.09. The normalized spacial score (nSPS) is 19.6. The van der Waals surface area contributed by atoms with Crippen molar-refractivity contribution in [2.45, 2.75) is 43.2 Å². The van der Waals surface area contributed by atoms with Gasteiger partial charge >= 0.3 is 0 Å². The lowest BCUT2D eigenvalue weighted by molar-refractivity contribution is 0.275. The number of rotatable bonds is 6. The zero-order valence-electron chi connectivity index (χ0n) is 11.1. The molecule has 0 aliphatic heterocycles. The van der Waals surface area contributed by atoms with Crippen LogP contribution in [0.5, 0.6) is 0 Å². The first-order valence-corrected chi connectivity index (χ1v) is 8.37.